The molecule has 0 bridgehead atoms. The molecular formula is C12H21FN2O3. The Balaban J connectivity index is 2.64. The van der Waals surface area contributed by atoms with Crippen LogP contribution in [0.1, 0.15) is 34.1 Å². The average molecular weight is 260 g/mol. The molecule has 18 heavy (non-hydrogen) atoms. The smallest absolute Gasteiger partial charge is 0.410 e. The fraction of sp³-hybridized carbons (Fsp3) is 0.833. The Labute approximate surface area is 107 Å². The van der Waals surface area contributed by atoms with Gasteiger partial charge in [-0.15, -0.1) is 5.16 Å². The number of carbonyl (C=O) groups excluding carboxylic acids is 1. The van der Waals surface area contributed by atoms with Gasteiger partial charge >= 0.3 is 6.09 Å². The van der Waals surface area contributed by atoms with E-state index in [1.165, 1.54) is 11.1 Å². The monoisotopic (exact) mass is 260 g/mol. The first-order chi connectivity index (χ1) is 8.18. The predicted molar refractivity (Wildman–Crippen MR) is 65.7 cm³/mol. The summed E-state index contributed by atoms with van der Waals surface area (Å²) in [5.41, 5.74) is -1.41. The fourth-order valence-corrected chi connectivity index (χ4v) is 1.80. The average Bonchev–Trinajstić information content (AvgIpc) is 2.20. The summed E-state index contributed by atoms with van der Waals surface area (Å²) in [6.07, 6.45) is -0.176. The van der Waals surface area contributed by atoms with Crippen LogP contribution < -0.4 is 0 Å². The largest absolute Gasteiger partial charge is 0.444 e. The zero-order chi connectivity index (χ0) is 14.0. The zero-order valence-corrected chi connectivity index (χ0v) is 11.3. The molecule has 0 spiro atoms. The lowest BCUT2D eigenvalue weighted by atomic mass is 9.80. The topological polar surface area (TPSA) is 62.1 Å². The highest BCUT2D eigenvalue weighted by atomic mass is 19.1. The van der Waals surface area contributed by atoms with E-state index < -0.39 is 23.3 Å². The van der Waals surface area contributed by atoms with Crippen LogP contribution in [0.4, 0.5) is 9.18 Å². The van der Waals surface area contributed by atoms with Gasteiger partial charge in [-0.1, -0.05) is 6.92 Å². The molecule has 1 heterocycles. The zero-order valence-electron chi connectivity index (χ0n) is 11.3. The lowest BCUT2D eigenvalue weighted by Gasteiger charge is -2.39. The van der Waals surface area contributed by atoms with Gasteiger partial charge in [-0.25, -0.2) is 9.18 Å². The van der Waals surface area contributed by atoms with E-state index in [2.05, 4.69) is 5.16 Å². The van der Waals surface area contributed by atoms with E-state index in [1.807, 2.05) is 0 Å². The number of alkyl halides is 1. The number of amides is 1. The Hall–Kier alpha value is -1.33. The molecule has 0 aromatic rings. The number of rotatable bonds is 1. The maximum absolute atomic E-state index is 14.0. The Morgan fingerprint density at radius 2 is 2.22 bits per heavy atom. The van der Waals surface area contributed by atoms with Crippen LogP contribution in [0.3, 0.4) is 0 Å². The van der Waals surface area contributed by atoms with Crippen molar-refractivity contribution in [2.45, 2.75) is 45.9 Å². The first-order valence-corrected chi connectivity index (χ1v) is 5.98. The van der Waals surface area contributed by atoms with Gasteiger partial charge in [0.1, 0.15) is 11.8 Å². The van der Waals surface area contributed by atoms with Crippen molar-refractivity contribution in [3.8, 4) is 0 Å². The molecule has 0 aromatic carbocycles. The summed E-state index contributed by atoms with van der Waals surface area (Å²) < 4.78 is 19.2. The maximum atomic E-state index is 14.0. The van der Waals surface area contributed by atoms with E-state index in [1.54, 1.807) is 27.7 Å². The Kier molecular flexibility index (Phi) is 4.19. The molecule has 0 saturated carbocycles. The van der Waals surface area contributed by atoms with E-state index in [4.69, 9.17) is 9.94 Å². The van der Waals surface area contributed by atoms with Gasteiger partial charge in [0.05, 0.1) is 12.8 Å². The van der Waals surface area contributed by atoms with Crippen LogP contribution in [0.25, 0.3) is 0 Å². The Morgan fingerprint density at radius 1 is 1.61 bits per heavy atom. The number of piperidine rings is 1. The van der Waals surface area contributed by atoms with Gasteiger partial charge in [0.15, 0.2) is 0 Å². The van der Waals surface area contributed by atoms with Gasteiger partial charge in [0.25, 0.3) is 0 Å². The molecule has 1 saturated heterocycles. The first-order valence-electron chi connectivity index (χ1n) is 5.98. The summed E-state index contributed by atoms with van der Waals surface area (Å²) in [6.45, 7) is 7.32. The minimum atomic E-state index is -1.27. The van der Waals surface area contributed by atoms with Crippen LogP contribution in [-0.4, -0.2) is 47.3 Å². The molecule has 104 valence electrons. The van der Waals surface area contributed by atoms with E-state index >= 15 is 0 Å². The minimum Gasteiger partial charge on any atom is -0.444 e. The molecule has 1 N–H and O–H groups in total. The molecule has 0 aliphatic carbocycles. The van der Waals surface area contributed by atoms with Gasteiger partial charge in [-0.3, -0.25) is 0 Å². The van der Waals surface area contributed by atoms with Crippen LogP contribution in [0.5, 0.6) is 0 Å². The predicted octanol–water partition coefficient (Wildman–Crippen LogP) is 2.43. The van der Waals surface area contributed by atoms with Crippen molar-refractivity contribution < 1.29 is 19.1 Å². The summed E-state index contributed by atoms with van der Waals surface area (Å²) >= 11 is 0. The van der Waals surface area contributed by atoms with Crippen LogP contribution >= 0.6 is 0 Å². The molecule has 1 aliphatic heterocycles. The summed E-state index contributed by atoms with van der Waals surface area (Å²) in [6, 6.07) is 0. The second-order valence-corrected chi connectivity index (χ2v) is 5.89. The second-order valence-electron chi connectivity index (χ2n) is 5.89. The number of oxime groups is 1. The highest BCUT2D eigenvalue weighted by molar-refractivity contribution is 5.70. The first kappa shape index (κ1) is 14.7. The number of hydrogen-bond donors (Lipinski definition) is 1. The molecule has 1 aliphatic rings. The molecule has 1 fully saturated rings. The molecule has 1 amide bonds. The second kappa shape index (κ2) is 5.12. The van der Waals surface area contributed by atoms with Crippen LogP contribution in [0.2, 0.25) is 0 Å². The molecule has 0 unspecified atom stereocenters. The lowest BCUT2D eigenvalue weighted by molar-refractivity contribution is 0.000446. The summed E-state index contributed by atoms with van der Waals surface area (Å²) in [5.74, 6) is 0. The molecule has 1 rings (SSSR count). The van der Waals surface area contributed by atoms with Crippen molar-refractivity contribution in [1.29, 1.82) is 0 Å². The van der Waals surface area contributed by atoms with E-state index in [0.29, 0.717) is 13.0 Å². The molecule has 6 heteroatoms. The maximum Gasteiger partial charge on any atom is 0.410 e. The SMILES string of the molecule is CC(C)(C)OC(=O)N1CC[C@](C)(/C=N\O)[C@H](F)C1. The van der Waals surface area contributed by atoms with Crippen molar-refractivity contribution >= 4 is 12.3 Å². The number of carbonyl (C=O) groups is 1. The van der Waals surface area contributed by atoms with Crippen LogP contribution in [0.15, 0.2) is 5.16 Å². The molecule has 0 radical (unpaired) electrons. The molecular weight excluding hydrogens is 239 g/mol. The van der Waals surface area contributed by atoms with Crippen LogP contribution in [-0.2, 0) is 4.74 Å². The molecule has 0 aromatic heterocycles. The van der Waals surface area contributed by atoms with Crippen molar-refractivity contribution in [2.75, 3.05) is 13.1 Å². The van der Waals surface area contributed by atoms with Crippen molar-refractivity contribution in [2.24, 2.45) is 10.6 Å². The van der Waals surface area contributed by atoms with E-state index in [9.17, 15) is 9.18 Å². The normalized spacial score (nSPS) is 29.6. The third kappa shape index (κ3) is 3.58. The third-order valence-corrected chi connectivity index (χ3v) is 3.02. The number of ether oxygens (including phenoxy) is 1. The molecule has 2 atom stereocenters. The summed E-state index contributed by atoms with van der Waals surface area (Å²) in [7, 11) is 0. The fourth-order valence-electron chi connectivity index (χ4n) is 1.80. The highest BCUT2D eigenvalue weighted by Crippen LogP contribution is 2.32. The van der Waals surface area contributed by atoms with Crippen molar-refractivity contribution in [3.63, 3.8) is 0 Å². The number of nitrogens with zero attached hydrogens (tertiary/aromatic N) is 2. The third-order valence-electron chi connectivity index (χ3n) is 3.02. The number of hydrogen-bond acceptors (Lipinski definition) is 4. The van der Waals surface area contributed by atoms with E-state index in [0.717, 1.165) is 0 Å². The van der Waals surface area contributed by atoms with Gasteiger partial charge in [0.2, 0.25) is 0 Å². The van der Waals surface area contributed by atoms with Gasteiger partial charge < -0.3 is 14.8 Å². The summed E-state index contributed by atoms with van der Waals surface area (Å²) in [5, 5.41) is 11.4. The Bertz CT molecular complexity index is 341. The van der Waals surface area contributed by atoms with Gasteiger partial charge in [-0.05, 0) is 27.2 Å². The number of likely N-dealkylation sites (tertiary alicyclic amines) is 1. The summed E-state index contributed by atoms with van der Waals surface area (Å²) in [4.78, 5) is 13.1. The van der Waals surface area contributed by atoms with E-state index in [-0.39, 0.29) is 6.54 Å². The van der Waals surface area contributed by atoms with Gasteiger partial charge in [-0.2, -0.15) is 0 Å². The van der Waals surface area contributed by atoms with Crippen molar-refractivity contribution in [1.82, 2.24) is 4.90 Å². The standard InChI is InChI=1S/C12H21FN2O3/c1-11(2,3)18-10(16)15-6-5-12(4,8-14-17)9(13)7-15/h8-9,17H,5-7H2,1-4H3/b14-8-/t9-,12-/m1/s1. The minimum absolute atomic E-state index is 0.0442. The molecule has 5 nitrogen and oxygen atoms in total. The van der Waals surface area contributed by atoms with Crippen molar-refractivity contribution in [3.05, 3.63) is 0 Å². The van der Waals surface area contributed by atoms with Crippen LogP contribution in [0, 0.1) is 5.41 Å². The highest BCUT2D eigenvalue weighted by Gasteiger charge is 2.41. The Morgan fingerprint density at radius 3 is 2.67 bits per heavy atom. The number of halogens is 1. The lowest BCUT2D eigenvalue weighted by Crippen LogP contribution is -2.51. The van der Waals surface area contributed by atoms with Gasteiger partial charge in [0, 0.05) is 12.0 Å². The quantitative estimate of drug-likeness (QED) is 0.447.